The lowest BCUT2D eigenvalue weighted by Gasteiger charge is -2.37. The lowest BCUT2D eigenvalue weighted by Crippen LogP contribution is -2.42. The van der Waals surface area contributed by atoms with Gasteiger partial charge in [0.2, 0.25) is 0 Å². The fourth-order valence-corrected chi connectivity index (χ4v) is 3.34. The third-order valence-electron chi connectivity index (χ3n) is 4.92. The molecule has 1 aliphatic rings. The molecule has 1 amide bonds. The third kappa shape index (κ3) is 3.57. The van der Waals surface area contributed by atoms with Crippen LogP contribution >= 0.6 is 0 Å². The average molecular weight is 321 g/mol. The summed E-state index contributed by atoms with van der Waals surface area (Å²) in [4.78, 5) is 12.4. The first-order chi connectivity index (χ1) is 11.7. The molecule has 3 rings (SSSR count). The van der Waals surface area contributed by atoms with Crippen molar-refractivity contribution in [3.8, 4) is 0 Å². The summed E-state index contributed by atoms with van der Waals surface area (Å²) < 4.78 is 0. The van der Waals surface area contributed by atoms with Gasteiger partial charge >= 0.3 is 0 Å². The molecule has 2 N–H and O–H groups in total. The molecule has 0 bridgehead atoms. The quantitative estimate of drug-likeness (QED) is 0.829. The monoisotopic (exact) mass is 321 g/mol. The lowest BCUT2D eigenvalue weighted by atomic mass is 9.70. The number of aliphatic hydroxyl groups is 1. The molecule has 0 aromatic heterocycles. The van der Waals surface area contributed by atoms with Crippen molar-refractivity contribution in [1.82, 2.24) is 5.32 Å². The van der Waals surface area contributed by atoms with E-state index < -0.39 is 0 Å². The Labute approximate surface area is 143 Å². The summed E-state index contributed by atoms with van der Waals surface area (Å²) in [7, 11) is 0. The highest BCUT2D eigenvalue weighted by molar-refractivity contribution is 5.94. The van der Waals surface area contributed by atoms with E-state index in [0.717, 1.165) is 24.8 Å². The van der Waals surface area contributed by atoms with Crippen LogP contribution in [-0.4, -0.2) is 24.2 Å². The number of aliphatic hydroxyl groups excluding tert-OH is 1. The fourth-order valence-electron chi connectivity index (χ4n) is 3.34. The minimum absolute atomic E-state index is 0.0390. The Bertz CT molecular complexity index is 709. The maximum absolute atomic E-state index is 12.4. The van der Waals surface area contributed by atoms with Gasteiger partial charge in [-0.3, -0.25) is 4.79 Å². The number of carbonyl (C=O) groups is 1. The second-order valence-electron chi connectivity index (χ2n) is 6.42. The van der Waals surface area contributed by atoms with Crippen molar-refractivity contribution in [1.29, 1.82) is 0 Å². The van der Waals surface area contributed by atoms with E-state index in [1.165, 1.54) is 5.56 Å². The van der Waals surface area contributed by atoms with Crippen LogP contribution in [0.3, 0.4) is 0 Å². The van der Waals surface area contributed by atoms with E-state index in [4.69, 9.17) is 0 Å². The highest BCUT2D eigenvalue weighted by Crippen LogP contribution is 2.38. The first kappa shape index (κ1) is 16.5. The number of amides is 1. The molecule has 3 nitrogen and oxygen atoms in total. The molecule has 0 saturated heterocycles. The van der Waals surface area contributed by atoms with Gasteiger partial charge in [0.1, 0.15) is 0 Å². The van der Waals surface area contributed by atoms with Crippen molar-refractivity contribution in [2.75, 3.05) is 13.2 Å². The number of hydrogen-bond donors (Lipinski definition) is 2. The number of benzene rings is 2. The van der Waals surface area contributed by atoms with E-state index in [0.29, 0.717) is 12.1 Å². The maximum atomic E-state index is 12.4. The molecule has 0 fully saturated rings. The van der Waals surface area contributed by atoms with Gasteiger partial charge in [0, 0.05) is 17.5 Å². The van der Waals surface area contributed by atoms with Crippen LogP contribution in [0, 0.1) is 0 Å². The van der Waals surface area contributed by atoms with E-state index in [1.54, 1.807) is 0 Å². The summed E-state index contributed by atoms with van der Waals surface area (Å²) in [5, 5.41) is 12.5. The van der Waals surface area contributed by atoms with Crippen molar-refractivity contribution in [3.05, 3.63) is 83.4 Å². The molecule has 0 aliphatic heterocycles. The van der Waals surface area contributed by atoms with Gasteiger partial charge in [-0.05, 0) is 42.5 Å². The summed E-state index contributed by atoms with van der Waals surface area (Å²) in [6.45, 7) is 0.723. The molecule has 3 heteroatoms. The Morgan fingerprint density at radius 1 is 1.04 bits per heavy atom. The Morgan fingerprint density at radius 3 is 2.29 bits per heavy atom. The molecule has 1 aliphatic carbocycles. The van der Waals surface area contributed by atoms with Gasteiger partial charge in [-0.1, -0.05) is 54.6 Å². The zero-order valence-corrected chi connectivity index (χ0v) is 13.7. The lowest BCUT2D eigenvalue weighted by molar-refractivity contribution is 0.0940. The van der Waals surface area contributed by atoms with Crippen LogP contribution < -0.4 is 5.32 Å². The molecule has 24 heavy (non-hydrogen) atoms. The van der Waals surface area contributed by atoms with Gasteiger partial charge in [-0.2, -0.15) is 0 Å². The van der Waals surface area contributed by atoms with Crippen LogP contribution in [0.25, 0.3) is 0 Å². The highest BCUT2D eigenvalue weighted by atomic mass is 16.3. The molecular weight excluding hydrogens is 298 g/mol. The van der Waals surface area contributed by atoms with Crippen LogP contribution in [0.2, 0.25) is 0 Å². The summed E-state index contributed by atoms with van der Waals surface area (Å²) in [6, 6.07) is 19.7. The van der Waals surface area contributed by atoms with Gasteiger partial charge in [-0.15, -0.1) is 0 Å². The smallest absolute Gasteiger partial charge is 0.251 e. The first-order valence-electron chi connectivity index (χ1n) is 8.41. The fraction of sp³-hybridized carbons (Fsp3) is 0.286. The Hall–Kier alpha value is -2.39. The molecule has 2 aromatic carbocycles. The van der Waals surface area contributed by atoms with E-state index in [2.05, 4.69) is 23.5 Å². The molecule has 124 valence electrons. The first-order valence-corrected chi connectivity index (χ1v) is 8.41. The van der Waals surface area contributed by atoms with Crippen molar-refractivity contribution in [2.45, 2.75) is 24.7 Å². The maximum Gasteiger partial charge on any atom is 0.251 e. The summed E-state index contributed by atoms with van der Waals surface area (Å²) in [5.74, 6) is -0.0390. The zero-order valence-electron chi connectivity index (χ0n) is 13.7. The van der Waals surface area contributed by atoms with Gasteiger partial charge in [0.15, 0.2) is 0 Å². The van der Waals surface area contributed by atoms with E-state index >= 15 is 0 Å². The minimum atomic E-state index is -0.107. The standard InChI is InChI=1S/C21H23NO2/c23-15-17-11-13-21(14-12-17,19-9-5-2-6-10-19)16-22-20(24)18-7-3-1-4-8-18/h1-11,23H,12-16H2,(H,22,24). The predicted octanol–water partition coefficient (Wildman–Crippen LogP) is 3.46. The SMILES string of the molecule is O=C(NCC1(c2ccccc2)CC=C(CO)CC1)c1ccccc1. The van der Waals surface area contributed by atoms with Gasteiger partial charge < -0.3 is 10.4 Å². The number of allylic oxidation sites excluding steroid dienone is 1. The molecule has 0 radical (unpaired) electrons. The Kier molecular flexibility index (Phi) is 5.11. The number of rotatable bonds is 5. The molecule has 0 heterocycles. The zero-order chi connectivity index (χ0) is 16.8. The molecule has 0 spiro atoms. The van der Waals surface area contributed by atoms with Crippen LogP contribution in [0.15, 0.2) is 72.3 Å². The van der Waals surface area contributed by atoms with Crippen molar-refractivity contribution >= 4 is 5.91 Å². The Morgan fingerprint density at radius 2 is 1.71 bits per heavy atom. The summed E-state index contributed by atoms with van der Waals surface area (Å²) in [5.41, 5.74) is 2.91. The Balaban J connectivity index is 1.79. The van der Waals surface area contributed by atoms with Crippen LogP contribution in [0.4, 0.5) is 0 Å². The largest absolute Gasteiger partial charge is 0.392 e. The molecule has 2 aromatic rings. The number of carbonyl (C=O) groups excluding carboxylic acids is 1. The molecule has 1 unspecified atom stereocenters. The predicted molar refractivity (Wildman–Crippen MR) is 95.9 cm³/mol. The number of nitrogens with one attached hydrogen (secondary N) is 1. The van der Waals surface area contributed by atoms with E-state index in [1.807, 2.05) is 48.5 Å². The van der Waals surface area contributed by atoms with Gasteiger partial charge in [-0.25, -0.2) is 0 Å². The molecule has 1 atom stereocenters. The second-order valence-corrected chi connectivity index (χ2v) is 6.42. The topological polar surface area (TPSA) is 49.3 Å². The van der Waals surface area contributed by atoms with Crippen LogP contribution in [-0.2, 0) is 5.41 Å². The normalized spacial score (nSPS) is 20.3. The average Bonchev–Trinajstić information content (AvgIpc) is 2.68. The van der Waals surface area contributed by atoms with Gasteiger partial charge in [0.05, 0.1) is 6.61 Å². The summed E-state index contributed by atoms with van der Waals surface area (Å²) >= 11 is 0. The minimum Gasteiger partial charge on any atom is -0.392 e. The van der Waals surface area contributed by atoms with Gasteiger partial charge in [0.25, 0.3) is 5.91 Å². The van der Waals surface area contributed by atoms with Crippen molar-refractivity contribution in [2.24, 2.45) is 0 Å². The van der Waals surface area contributed by atoms with Crippen LogP contribution in [0.5, 0.6) is 0 Å². The van der Waals surface area contributed by atoms with E-state index in [-0.39, 0.29) is 17.9 Å². The van der Waals surface area contributed by atoms with Crippen molar-refractivity contribution < 1.29 is 9.90 Å². The second kappa shape index (κ2) is 7.45. The number of hydrogen-bond acceptors (Lipinski definition) is 2. The van der Waals surface area contributed by atoms with E-state index in [9.17, 15) is 9.90 Å². The van der Waals surface area contributed by atoms with Crippen LogP contribution in [0.1, 0.15) is 35.2 Å². The third-order valence-corrected chi connectivity index (χ3v) is 4.92. The van der Waals surface area contributed by atoms with Crippen molar-refractivity contribution in [3.63, 3.8) is 0 Å². The molecular formula is C21H23NO2. The highest BCUT2D eigenvalue weighted by Gasteiger charge is 2.34. The summed E-state index contributed by atoms with van der Waals surface area (Å²) in [6.07, 6.45) is 4.76. The molecule has 0 saturated carbocycles.